The topological polar surface area (TPSA) is 26.8 Å². The van der Waals surface area contributed by atoms with Gasteiger partial charge in [-0.15, -0.1) is 0 Å². The Bertz CT molecular complexity index is 149. The minimum atomic E-state index is -2.44. The van der Waals surface area contributed by atoms with Gasteiger partial charge in [0.1, 0.15) is 0 Å². The van der Waals surface area contributed by atoms with Crippen molar-refractivity contribution in [2.24, 2.45) is 0 Å². The molecule has 0 aliphatic rings. The molecular formula is C6H18CuIN3OP. The van der Waals surface area contributed by atoms with E-state index in [1.807, 2.05) is 42.3 Å². The van der Waals surface area contributed by atoms with Crippen LogP contribution in [0.25, 0.3) is 0 Å². The van der Waals surface area contributed by atoms with Crippen molar-refractivity contribution in [2.45, 2.75) is 0 Å². The summed E-state index contributed by atoms with van der Waals surface area (Å²) in [6, 6.07) is 0. The predicted molar refractivity (Wildman–Crippen MR) is 48.7 cm³/mol. The fourth-order valence-electron chi connectivity index (χ4n) is 1.07. The predicted octanol–water partition coefficient (Wildman–Crippen LogP) is -2.22. The zero-order valence-corrected chi connectivity index (χ0v) is 12.9. The quantitative estimate of drug-likeness (QED) is 0.320. The first-order valence-corrected chi connectivity index (χ1v) is 5.03. The van der Waals surface area contributed by atoms with E-state index in [0.717, 1.165) is 0 Å². The molecular weight excluding hydrogens is 352 g/mol. The molecule has 0 spiro atoms. The van der Waals surface area contributed by atoms with E-state index in [0.29, 0.717) is 0 Å². The number of hydrogen-bond donors (Lipinski definition) is 0. The number of hydrogen-bond acceptors (Lipinski definition) is 1. The molecule has 0 heterocycles. The van der Waals surface area contributed by atoms with E-state index in [1.54, 1.807) is 14.0 Å². The van der Waals surface area contributed by atoms with Gasteiger partial charge in [-0.25, -0.2) is 14.0 Å². The molecule has 0 fully saturated rings. The van der Waals surface area contributed by atoms with Crippen LogP contribution in [-0.4, -0.2) is 56.3 Å². The second kappa shape index (κ2) is 7.63. The molecule has 13 heavy (non-hydrogen) atoms. The van der Waals surface area contributed by atoms with Crippen LogP contribution in [-0.2, 0) is 21.6 Å². The van der Waals surface area contributed by atoms with Gasteiger partial charge in [0.25, 0.3) is 7.59 Å². The summed E-state index contributed by atoms with van der Waals surface area (Å²) < 4.78 is 17.3. The van der Waals surface area contributed by atoms with Gasteiger partial charge in [-0.2, -0.15) is 0 Å². The first-order chi connectivity index (χ1) is 4.83. The van der Waals surface area contributed by atoms with Crippen molar-refractivity contribution in [1.82, 2.24) is 14.0 Å². The SMILES string of the molecule is CN(C)P(=O)(N(C)C)N(C)C.[Cu+].[I-]. The van der Waals surface area contributed by atoms with E-state index in [-0.39, 0.29) is 41.0 Å². The van der Waals surface area contributed by atoms with Crippen molar-refractivity contribution in [3.63, 3.8) is 0 Å². The summed E-state index contributed by atoms with van der Waals surface area (Å²) in [5, 5.41) is 0. The molecule has 0 saturated carbocycles. The summed E-state index contributed by atoms with van der Waals surface area (Å²) in [5.41, 5.74) is 0. The van der Waals surface area contributed by atoms with E-state index < -0.39 is 7.59 Å². The first-order valence-electron chi connectivity index (χ1n) is 3.47. The van der Waals surface area contributed by atoms with Crippen molar-refractivity contribution < 1.29 is 45.6 Å². The second-order valence-corrected chi connectivity index (χ2v) is 6.48. The Morgan fingerprint density at radius 3 is 0.923 bits per heavy atom. The van der Waals surface area contributed by atoms with Crippen molar-refractivity contribution >= 4 is 7.59 Å². The van der Waals surface area contributed by atoms with Gasteiger partial charge in [0.2, 0.25) is 0 Å². The Morgan fingerprint density at radius 1 is 0.769 bits per heavy atom. The maximum absolute atomic E-state index is 12.1. The molecule has 0 aliphatic carbocycles. The van der Waals surface area contributed by atoms with E-state index in [2.05, 4.69) is 0 Å². The van der Waals surface area contributed by atoms with Gasteiger partial charge in [0.15, 0.2) is 0 Å². The monoisotopic (exact) mass is 369 g/mol. The molecule has 0 aromatic heterocycles. The van der Waals surface area contributed by atoms with Crippen molar-refractivity contribution in [1.29, 1.82) is 0 Å². The average Bonchev–Trinajstić information content (AvgIpc) is 1.84. The molecule has 86 valence electrons. The molecule has 0 N–H and O–H groups in total. The van der Waals surface area contributed by atoms with E-state index in [1.165, 1.54) is 0 Å². The molecule has 0 aliphatic heterocycles. The van der Waals surface area contributed by atoms with Gasteiger partial charge in [0, 0.05) is 0 Å². The summed E-state index contributed by atoms with van der Waals surface area (Å²) in [6.07, 6.45) is 0. The standard InChI is InChI=1S/C6H18N3OP.Cu.HI/c1-7(2)11(10,8(3)4)9(5)6;;/h1-6H3;;1H/q;+1;/p-1. The molecule has 0 aromatic rings. The summed E-state index contributed by atoms with van der Waals surface area (Å²) in [5.74, 6) is 0. The van der Waals surface area contributed by atoms with Crippen LogP contribution >= 0.6 is 7.59 Å². The normalized spacial score (nSPS) is 11.5. The van der Waals surface area contributed by atoms with E-state index >= 15 is 0 Å². The summed E-state index contributed by atoms with van der Waals surface area (Å²) in [6.45, 7) is 0. The maximum atomic E-state index is 12.1. The van der Waals surface area contributed by atoms with Crippen molar-refractivity contribution in [3.8, 4) is 0 Å². The molecule has 4 nitrogen and oxygen atoms in total. The van der Waals surface area contributed by atoms with Crippen LogP contribution in [0.5, 0.6) is 0 Å². The van der Waals surface area contributed by atoms with Gasteiger partial charge >= 0.3 is 17.1 Å². The van der Waals surface area contributed by atoms with Crippen LogP contribution in [0.1, 0.15) is 0 Å². The zero-order chi connectivity index (χ0) is 9.23. The Balaban J connectivity index is -0.000000500. The molecule has 0 rings (SSSR count). The number of nitrogens with zero attached hydrogens (tertiary/aromatic N) is 3. The summed E-state index contributed by atoms with van der Waals surface area (Å²) in [7, 11) is 8.49. The van der Waals surface area contributed by atoms with Gasteiger partial charge in [-0.05, 0) is 42.3 Å². The van der Waals surface area contributed by atoms with Crippen molar-refractivity contribution in [2.75, 3.05) is 42.3 Å². The fourth-order valence-corrected chi connectivity index (χ4v) is 3.22. The smallest absolute Gasteiger partial charge is 1.00 e. The van der Waals surface area contributed by atoms with Crippen LogP contribution in [0.4, 0.5) is 0 Å². The van der Waals surface area contributed by atoms with Gasteiger partial charge in [-0.1, -0.05) is 0 Å². The molecule has 0 radical (unpaired) electrons. The largest absolute Gasteiger partial charge is 1.00 e. The first kappa shape index (κ1) is 19.9. The maximum Gasteiger partial charge on any atom is 1.00 e. The van der Waals surface area contributed by atoms with Crippen LogP contribution in [0.3, 0.4) is 0 Å². The van der Waals surface area contributed by atoms with Gasteiger partial charge in [0.05, 0.1) is 0 Å². The van der Waals surface area contributed by atoms with E-state index in [9.17, 15) is 4.57 Å². The van der Waals surface area contributed by atoms with Crippen LogP contribution < -0.4 is 24.0 Å². The Morgan fingerprint density at radius 2 is 0.923 bits per heavy atom. The Kier molecular flexibility index (Phi) is 11.6. The molecule has 0 bridgehead atoms. The Hall–Kier alpha value is 1.36. The molecule has 0 aromatic carbocycles. The van der Waals surface area contributed by atoms with Crippen LogP contribution in [0.15, 0.2) is 0 Å². The number of rotatable bonds is 3. The van der Waals surface area contributed by atoms with Crippen molar-refractivity contribution in [3.05, 3.63) is 0 Å². The fraction of sp³-hybridized carbons (Fsp3) is 1.00. The zero-order valence-electron chi connectivity index (χ0n) is 8.88. The Labute approximate surface area is 109 Å². The molecule has 0 amide bonds. The van der Waals surface area contributed by atoms with E-state index in [4.69, 9.17) is 0 Å². The summed E-state index contributed by atoms with van der Waals surface area (Å²) in [4.78, 5) is 0. The number of halogens is 1. The molecule has 7 heteroatoms. The minimum Gasteiger partial charge on any atom is -1.00 e. The van der Waals surface area contributed by atoms with Gasteiger partial charge < -0.3 is 24.0 Å². The molecule has 0 saturated heterocycles. The molecule has 0 unspecified atom stereocenters. The molecule has 0 atom stereocenters. The van der Waals surface area contributed by atoms with Crippen LogP contribution in [0.2, 0.25) is 0 Å². The van der Waals surface area contributed by atoms with Gasteiger partial charge in [-0.3, -0.25) is 4.57 Å². The second-order valence-electron chi connectivity index (χ2n) is 3.05. The summed E-state index contributed by atoms with van der Waals surface area (Å²) >= 11 is 0. The third-order valence-corrected chi connectivity index (χ3v) is 4.69. The average molecular weight is 370 g/mol. The minimum absolute atomic E-state index is 0. The van der Waals surface area contributed by atoms with Crippen LogP contribution in [0, 0.1) is 0 Å². The third-order valence-electron chi connectivity index (χ3n) is 1.56. The third kappa shape index (κ3) is 4.60.